The normalized spacial score (nSPS) is 12.6. The molecular formula is C17H16FNO. The second-order valence-corrected chi connectivity index (χ2v) is 4.97. The topological polar surface area (TPSA) is 25.2 Å². The Hall–Kier alpha value is -2.29. The van der Waals surface area contributed by atoms with Gasteiger partial charge in [-0.3, -0.25) is 0 Å². The molecule has 0 saturated carbocycles. The van der Waals surface area contributed by atoms with Gasteiger partial charge in [0.15, 0.2) is 0 Å². The minimum Gasteiger partial charge on any atom is -0.459 e. The van der Waals surface area contributed by atoms with Crippen LogP contribution in [-0.2, 0) is 0 Å². The molecule has 0 amide bonds. The van der Waals surface area contributed by atoms with E-state index in [-0.39, 0.29) is 11.9 Å². The molecule has 1 atom stereocenters. The monoisotopic (exact) mass is 269 g/mol. The van der Waals surface area contributed by atoms with Crippen LogP contribution in [0.5, 0.6) is 0 Å². The Morgan fingerprint density at radius 2 is 1.90 bits per heavy atom. The predicted molar refractivity (Wildman–Crippen MR) is 79.4 cm³/mol. The first-order valence-corrected chi connectivity index (χ1v) is 6.65. The molecule has 0 spiro atoms. The Morgan fingerprint density at radius 1 is 1.10 bits per heavy atom. The van der Waals surface area contributed by atoms with E-state index in [1.807, 2.05) is 43.3 Å². The first-order valence-electron chi connectivity index (χ1n) is 6.65. The summed E-state index contributed by atoms with van der Waals surface area (Å²) in [5.74, 6) is 0.640. The number of hydrogen-bond donors (Lipinski definition) is 1. The van der Waals surface area contributed by atoms with Crippen LogP contribution < -0.4 is 5.32 Å². The fourth-order valence-corrected chi connectivity index (χ4v) is 2.28. The van der Waals surface area contributed by atoms with Crippen molar-refractivity contribution in [3.8, 4) is 0 Å². The summed E-state index contributed by atoms with van der Waals surface area (Å²) in [6.45, 7) is 3.77. The van der Waals surface area contributed by atoms with Crippen molar-refractivity contribution in [1.82, 2.24) is 0 Å². The van der Waals surface area contributed by atoms with Gasteiger partial charge >= 0.3 is 0 Å². The summed E-state index contributed by atoms with van der Waals surface area (Å²) in [4.78, 5) is 0. The van der Waals surface area contributed by atoms with E-state index in [1.54, 1.807) is 13.0 Å². The maximum Gasteiger partial charge on any atom is 0.134 e. The molecule has 1 heterocycles. The molecule has 3 aromatic rings. The van der Waals surface area contributed by atoms with E-state index in [2.05, 4.69) is 5.32 Å². The molecule has 0 fully saturated rings. The van der Waals surface area contributed by atoms with Crippen LogP contribution in [0.3, 0.4) is 0 Å². The second-order valence-electron chi connectivity index (χ2n) is 4.97. The Labute approximate surface area is 117 Å². The lowest BCUT2D eigenvalue weighted by Gasteiger charge is -2.15. The molecule has 3 rings (SSSR count). The first kappa shape index (κ1) is 12.7. The molecule has 2 aromatic carbocycles. The van der Waals surface area contributed by atoms with Crippen molar-refractivity contribution in [1.29, 1.82) is 0 Å². The summed E-state index contributed by atoms with van der Waals surface area (Å²) in [7, 11) is 0. The van der Waals surface area contributed by atoms with Crippen molar-refractivity contribution >= 4 is 16.7 Å². The van der Waals surface area contributed by atoms with Gasteiger partial charge in [-0.25, -0.2) is 4.39 Å². The van der Waals surface area contributed by atoms with Gasteiger partial charge in [0.1, 0.15) is 17.2 Å². The lowest BCUT2D eigenvalue weighted by atomic mass is 10.1. The largest absolute Gasteiger partial charge is 0.459 e. The number of furan rings is 1. The Kier molecular flexibility index (Phi) is 3.18. The lowest BCUT2D eigenvalue weighted by molar-refractivity contribution is 0.525. The summed E-state index contributed by atoms with van der Waals surface area (Å²) in [5, 5.41) is 4.37. The average molecular weight is 269 g/mol. The third-order valence-corrected chi connectivity index (χ3v) is 3.51. The fourth-order valence-electron chi connectivity index (χ4n) is 2.28. The summed E-state index contributed by atoms with van der Waals surface area (Å²) in [6.07, 6.45) is 0. The molecular weight excluding hydrogens is 253 g/mol. The molecule has 0 aliphatic heterocycles. The van der Waals surface area contributed by atoms with Gasteiger partial charge in [0.25, 0.3) is 0 Å². The first-order chi connectivity index (χ1) is 9.65. The lowest BCUT2D eigenvalue weighted by Crippen LogP contribution is -2.07. The molecule has 20 heavy (non-hydrogen) atoms. The van der Waals surface area contributed by atoms with Crippen LogP contribution in [0.4, 0.5) is 10.1 Å². The number of anilines is 1. The van der Waals surface area contributed by atoms with Crippen LogP contribution in [-0.4, -0.2) is 0 Å². The highest BCUT2D eigenvalue weighted by Gasteiger charge is 2.13. The molecule has 102 valence electrons. The SMILES string of the molecule is Cc1c(F)cccc1NC(C)c1cc2ccccc2o1. The summed E-state index contributed by atoms with van der Waals surface area (Å²) in [6, 6.07) is 14.9. The summed E-state index contributed by atoms with van der Waals surface area (Å²) in [5.41, 5.74) is 2.28. The minimum atomic E-state index is -0.202. The highest BCUT2D eigenvalue weighted by molar-refractivity contribution is 5.77. The number of nitrogens with one attached hydrogen (secondary N) is 1. The van der Waals surface area contributed by atoms with Gasteiger partial charge in [-0.15, -0.1) is 0 Å². The highest BCUT2D eigenvalue weighted by Crippen LogP contribution is 2.27. The molecule has 1 N–H and O–H groups in total. The Balaban J connectivity index is 1.89. The predicted octanol–water partition coefficient (Wildman–Crippen LogP) is 5.05. The van der Waals surface area contributed by atoms with Crippen molar-refractivity contribution in [2.24, 2.45) is 0 Å². The zero-order valence-corrected chi connectivity index (χ0v) is 11.5. The second kappa shape index (κ2) is 5.00. The average Bonchev–Trinajstić information content (AvgIpc) is 2.88. The van der Waals surface area contributed by atoms with E-state index in [0.717, 1.165) is 22.4 Å². The van der Waals surface area contributed by atoms with Crippen LogP contribution in [0.15, 0.2) is 52.9 Å². The van der Waals surface area contributed by atoms with Gasteiger partial charge < -0.3 is 9.73 Å². The molecule has 0 aliphatic rings. The van der Waals surface area contributed by atoms with E-state index in [9.17, 15) is 4.39 Å². The summed E-state index contributed by atoms with van der Waals surface area (Å²) >= 11 is 0. The zero-order valence-electron chi connectivity index (χ0n) is 11.5. The number of rotatable bonds is 3. The molecule has 3 heteroatoms. The molecule has 0 bridgehead atoms. The molecule has 2 nitrogen and oxygen atoms in total. The maximum atomic E-state index is 13.5. The molecule has 1 aromatic heterocycles. The number of fused-ring (bicyclic) bond motifs is 1. The molecule has 0 saturated heterocycles. The number of halogens is 1. The van der Waals surface area contributed by atoms with Crippen LogP contribution in [0.2, 0.25) is 0 Å². The number of para-hydroxylation sites is 1. The van der Waals surface area contributed by atoms with Gasteiger partial charge in [-0.05, 0) is 38.1 Å². The van der Waals surface area contributed by atoms with Crippen LogP contribution in [0, 0.1) is 12.7 Å². The van der Waals surface area contributed by atoms with E-state index >= 15 is 0 Å². The number of benzene rings is 2. The van der Waals surface area contributed by atoms with Gasteiger partial charge in [-0.1, -0.05) is 24.3 Å². The van der Waals surface area contributed by atoms with Crippen LogP contribution in [0.25, 0.3) is 11.0 Å². The van der Waals surface area contributed by atoms with Crippen molar-refractivity contribution in [2.45, 2.75) is 19.9 Å². The van der Waals surface area contributed by atoms with Crippen molar-refractivity contribution in [3.05, 3.63) is 65.7 Å². The van der Waals surface area contributed by atoms with Gasteiger partial charge in [0.05, 0.1) is 6.04 Å². The van der Waals surface area contributed by atoms with E-state index in [1.165, 1.54) is 6.07 Å². The van der Waals surface area contributed by atoms with Crippen molar-refractivity contribution in [3.63, 3.8) is 0 Å². The van der Waals surface area contributed by atoms with Crippen molar-refractivity contribution in [2.75, 3.05) is 5.32 Å². The molecule has 0 radical (unpaired) electrons. The fraction of sp³-hybridized carbons (Fsp3) is 0.176. The van der Waals surface area contributed by atoms with E-state index in [4.69, 9.17) is 4.42 Å². The standard InChI is InChI=1S/C17H16FNO/c1-11-14(18)7-5-8-15(11)19-12(2)17-10-13-6-3-4-9-16(13)20-17/h3-10,12,19H,1-2H3. The van der Waals surface area contributed by atoms with Gasteiger partial charge in [0, 0.05) is 16.6 Å². The quantitative estimate of drug-likeness (QED) is 0.719. The highest BCUT2D eigenvalue weighted by atomic mass is 19.1. The Bertz CT molecular complexity index is 715. The van der Waals surface area contributed by atoms with Gasteiger partial charge in [-0.2, -0.15) is 0 Å². The summed E-state index contributed by atoms with van der Waals surface area (Å²) < 4.78 is 19.4. The van der Waals surface area contributed by atoms with E-state index < -0.39 is 0 Å². The van der Waals surface area contributed by atoms with Crippen LogP contribution in [0.1, 0.15) is 24.3 Å². The third-order valence-electron chi connectivity index (χ3n) is 3.51. The zero-order chi connectivity index (χ0) is 14.1. The van der Waals surface area contributed by atoms with E-state index in [0.29, 0.717) is 5.56 Å². The smallest absolute Gasteiger partial charge is 0.134 e. The molecule has 1 unspecified atom stereocenters. The maximum absolute atomic E-state index is 13.5. The van der Waals surface area contributed by atoms with Crippen LogP contribution >= 0.6 is 0 Å². The Morgan fingerprint density at radius 3 is 2.70 bits per heavy atom. The molecule has 0 aliphatic carbocycles. The minimum absolute atomic E-state index is 0.0251. The van der Waals surface area contributed by atoms with Gasteiger partial charge in [0.2, 0.25) is 0 Å². The third kappa shape index (κ3) is 2.27. The van der Waals surface area contributed by atoms with Crippen molar-refractivity contribution < 1.29 is 8.81 Å². The number of hydrogen-bond acceptors (Lipinski definition) is 2.